The third-order valence-electron chi connectivity index (χ3n) is 4.51. The SMILES string of the molecule is COC(=O)[C@@H](NC(=O)c1cn(-c2ccccc2)nc1-c1ccc(Cl)cc1)C(C)C. The van der Waals surface area contributed by atoms with Gasteiger partial charge in [0, 0.05) is 16.8 Å². The normalized spacial score (nSPS) is 11.9. The molecule has 29 heavy (non-hydrogen) atoms. The van der Waals surface area contributed by atoms with E-state index in [1.165, 1.54) is 7.11 Å². The number of para-hydroxylation sites is 1. The van der Waals surface area contributed by atoms with Gasteiger partial charge in [0.15, 0.2) is 0 Å². The summed E-state index contributed by atoms with van der Waals surface area (Å²) in [5.74, 6) is -1.02. The Morgan fingerprint density at radius 1 is 1.07 bits per heavy atom. The number of rotatable bonds is 6. The van der Waals surface area contributed by atoms with Crippen LogP contribution >= 0.6 is 11.6 Å². The van der Waals surface area contributed by atoms with Gasteiger partial charge in [-0.15, -0.1) is 0 Å². The number of nitrogens with one attached hydrogen (secondary N) is 1. The number of hydrogen-bond donors (Lipinski definition) is 1. The second kappa shape index (κ2) is 8.92. The van der Waals surface area contributed by atoms with E-state index in [9.17, 15) is 9.59 Å². The van der Waals surface area contributed by atoms with Crippen molar-refractivity contribution < 1.29 is 14.3 Å². The van der Waals surface area contributed by atoms with Gasteiger partial charge in [-0.2, -0.15) is 5.10 Å². The molecule has 0 fully saturated rings. The molecule has 3 aromatic rings. The molecular formula is C22H22ClN3O3. The standard InChI is InChI=1S/C22H22ClN3O3/c1-14(2)19(22(28)29-3)24-21(27)18-13-26(17-7-5-4-6-8-17)25-20(18)15-9-11-16(23)12-10-15/h4-14,19H,1-3H3,(H,24,27)/t19-/m0/s1. The molecule has 1 aromatic heterocycles. The minimum absolute atomic E-state index is 0.130. The van der Waals surface area contributed by atoms with Crippen LogP contribution in [0.1, 0.15) is 24.2 Å². The predicted octanol–water partition coefficient (Wildman–Crippen LogP) is 4.12. The Balaban J connectivity index is 2.03. The van der Waals surface area contributed by atoms with Crippen molar-refractivity contribution >= 4 is 23.5 Å². The van der Waals surface area contributed by atoms with Gasteiger partial charge >= 0.3 is 5.97 Å². The molecule has 0 bridgehead atoms. The van der Waals surface area contributed by atoms with Gasteiger partial charge in [0.05, 0.1) is 18.4 Å². The van der Waals surface area contributed by atoms with Gasteiger partial charge < -0.3 is 10.1 Å². The number of benzene rings is 2. The van der Waals surface area contributed by atoms with Crippen LogP contribution in [0.4, 0.5) is 0 Å². The first kappa shape index (κ1) is 20.6. The smallest absolute Gasteiger partial charge is 0.328 e. The zero-order valence-corrected chi connectivity index (χ0v) is 17.2. The number of halogens is 1. The van der Waals surface area contributed by atoms with E-state index in [1.54, 1.807) is 35.1 Å². The molecule has 1 amide bonds. The van der Waals surface area contributed by atoms with E-state index >= 15 is 0 Å². The van der Waals surface area contributed by atoms with Crippen molar-refractivity contribution in [3.05, 3.63) is 71.4 Å². The molecule has 150 valence electrons. The molecule has 7 heteroatoms. The molecule has 1 atom stereocenters. The second-order valence-corrected chi connectivity index (χ2v) is 7.33. The summed E-state index contributed by atoms with van der Waals surface area (Å²) in [5.41, 5.74) is 2.41. The van der Waals surface area contributed by atoms with Crippen LogP contribution in [0, 0.1) is 5.92 Å². The first-order valence-corrected chi connectivity index (χ1v) is 9.58. The number of amides is 1. The van der Waals surface area contributed by atoms with Crippen LogP contribution in [0.3, 0.4) is 0 Å². The van der Waals surface area contributed by atoms with Crippen molar-refractivity contribution in [2.75, 3.05) is 7.11 Å². The summed E-state index contributed by atoms with van der Waals surface area (Å²) in [5, 5.41) is 7.98. The average Bonchev–Trinajstić information content (AvgIpc) is 3.18. The molecule has 3 rings (SSSR count). The number of carbonyl (C=O) groups is 2. The van der Waals surface area contributed by atoms with Crippen LogP contribution in [-0.4, -0.2) is 34.8 Å². The van der Waals surface area contributed by atoms with Gasteiger partial charge in [-0.05, 0) is 30.2 Å². The van der Waals surface area contributed by atoms with Crippen LogP contribution in [0.15, 0.2) is 60.8 Å². The Kier molecular flexibility index (Phi) is 6.34. The summed E-state index contributed by atoms with van der Waals surface area (Å²) in [6.07, 6.45) is 1.66. The Labute approximate surface area is 174 Å². The quantitative estimate of drug-likeness (QED) is 0.619. The molecule has 0 aliphatic rings. The molecule has 0 aliphatic carbocycles. The molecule has 2 aromatic carbocycles. The maximum absolute atomic E-state index is 13.1. The number of nitrogens with zero attached hydrogens (tertiary/aromatic N) is 2. The molecule has 0 unspecified atom stereocenters. The molecule has 6 nitrogen and oxygen atoms in total. The molecule has 0 saturated heterocycles. The molecule has 0 spiro atoms. The minimum atomic E-state index is -0.759. The van der Waals surface area contributed by atoms with Crippen LogP contribution in [0.5, 0.6) is 0 Å². The third kappa shape index (κ3) is 4.66. The third-order valence-corrected chi connectivity index (χ3v) is 4.76. The van der Waals surface area contributed by atoms with Gasteiger partial charge in [0.2, 0.25) is 0 Å². The number of methoxy groups -OCH3 is 1. The lowest BCUT2D eigenvalue weighted by Gasteiger charge is -2.19. The molecule has 1 heterocycles. The van der Waals surface area contributed by atoms with E-state index in [-0.39, 0.29) is 5.92 Å². The summed E-state index contributed by atoms with van der Waals surface area (Å²) in [6, 6.07) is 15.8. The number of hydrogen-bond acceptors (Lipinski definition) is 4. The monoisotopic (exact) mass is 411 g/mol. The first-order valence-electron chi connectivity index (χ1n) is 9.20. The number of esters is 1. The van der Waals surface area contributed by atoms with E-state index < -0.39 is 17.9 Å². The summed E-state index contributed by atoms with van der Waals surface area (Å²) in [6.45, 7) is 3.69. The molecule has 0 aliphatic heterocycles. The summed E-state index contributed by atoms with van der Waals surface area (Å²) < 4.78 is 6.46. The van der Waals surface area contributed by atoms with Crippen LogP contribution < -0.4 is 5.32 Å². The van der Waals surface area contributed by atoms with Crippen LogP contribution in [0.25, 0.3) is 16.9 Å². The van der Waals surface area contributed by atoms with E-state index in [0.29, 0.717) is 16.3 Å². The zero-order valence-electron chi connectivity index (χ0n) is 16.4. The highest BCUT2D eigenvalue weighted by atomic mass is 35.5. The lowest BCUT2D eigenvalue weighted by Crippen LogP contribution is -2.45. The Morgan fingerprint density at radius 3 is 2.31 bits per heavy atom. The maximum Gasteiger partial charge on any atom is 0.328 e. The van der Waals surface area contributed by atoms with E-state index in [4.69, 9.17) is 16.3 Å². The fourth-order valence-electron chi connectivity index (χ4n) is 2.92. The van der Waals surface area contributed by atoms with E-state index in [2.05, 4.69) is 10.4 Å². The molecule has 0 saturated carbocycles. The highest BCUT2D eigenvalue weighted by Crippen LogP contribution is 2.25. The van der Waals surface area contributed by atoms with Gasteiger partial charge in [-0.25, -0.2) is 9.48 Å². The van der Waals surface area contributed by atoms with Gasteiger partial charge in [-0.3, -0.25) is 4.79 Å². The van der Waals surface area contributed by atoms with E-state index in [1.807, 2.05) is 44.2 Å². The highest BCUT2D eigenvalue weighted by Gasteiger charge is 2.27. The fraction of sp³-hybridized carbons (Fsp3) is 0.227. The van der Waals surface area contributed by atoms with E-state index in [0.717, 1.165) is 11.3 Å². The largest absolute Gasteiger partial charge is 0.467 e. The zero-order chi connectivity index (χ0) is 21.0. The lowest BCUT2D eigenvalue weighted by molar-refractivity contribution is -0.144. The van der Waals surface area contributed by atoms with Crippen molar-refractivity contribution in [3.8, 4) is 16.9 Å². The highest BCUT2D eigenvalue weighted by molar-refractivity contribution is 6.30. The number of carbonyl (C=O) groups excluding carboxylic acids is 2. The summed E-state index contributed by atoms with van der Waals surface area (Å²) in [7, 11) is 1.30. The van der Waals surface area contributed by atoms with Crippen molar-refractivity contribution in [1.82, 2.24) is 15.1 Å². The Hall–Kier alpha value is -3.12. The lowest BCUT2D eigenvalue weighted by atomic mass is 10.0. The van der Waals surface area contributed by atoms with Crippen molar-refractivity contribution in [2.45, 2.75) is 19.9 Å². The van der Waals surface area contributed by atoms with Gasteiger partial charge in [0.1, 0.15) is 11.7 Å². The molecule has 0 radical (unpaired) electrons. The van der Waals surface area contributed by atoms with Crippen molar-refractivity contribution in [3.63, 3.8) is 0 Å². The molecular weight excluding hydrogens is 390 g/mol. The maximum atomic E-state index is 13.1. The van der Waals surface area contributed by atoms with Crippen LogP contribution in [-0.2, 0) is 9.53 Å². The van der Waals surface area contributed by atoms with Crippen molar-refractivity contribution in [1.29, 1.82) is 0 Å². The van der Waals surface area contributed by atoms with Gasteiger partial charge in [-0.1, -0.05) is 55.8 Å². The number of aromatic nitrogens is 2. The number of ether oxygens (including phenoxy) is 1. The average molecular weight is 412 g/mol. The minimum Gasteiger partial charge on any atom is -0.467 e. The Morgan fingerprint density at radius 2 is 1.72 bits per heavy atom. The van der Waals surface area contributed by atoms with Gasteiger partial charge in [0.25, 0.3) is 5.91 Å². The Bertz CT molecular complexity index is 998. The fourth-order valence-corrected chi connectivity index (χ4v) is 3.04. The summed E-state index contributed by atoms with van der Waals surface area (Å²) in [4.78, 5) is 25.2. The predicted molar refractivity (Wildman–Crippen MR) is 112 cm³/mol. The second-order valence-electron chi connectivity index (χ2n) is 6.90. The molecule has 1 N–H and O–H groups in total. The van der Waals surface area contributed by atoms with Crippen LogP contribution in [0.2, 0.25) is 5.02 Å². The summed E-state index contributed by atoms with van der Waals surface area (Å²) >= 11 is 6.00. The topological polar surface area (TPSA) is 73.2 Å². The van der Waals surface area contributed by atoms with Crippen molar-refractivity contribution in [2.24, 2.45) is 5.92 Å². The first-order chi connectivity index (χ1) is 13.9.